The van der Waals surface area contributed by atoms with Gasteiger partial charge in [0, 0.05) is 42.6 Å². The van der Waals surface area contributed by atoms with Gasteiger partial charge >= 0.3 is 0 Å². The summed E-state index contributed by atoms with van der Waals surface area (Å²) in [5, 5.41) is 9.31. The number of hydrogen-bond acceptors (Lipinski definition) is 5. The molecule has 0 aromatic carbocycles. The number of likely N-dealkylation sites (tertiary alicyclic amines) is 1. The van der Waals surface area contributed by atoms with Crippen molar-refractivity contribution in [1.82, 2.24) is 20.1 Å². The molecular weight excluding hydrogens is 390 g/mol. The van der Waals surface area contributed by atoms with Crippen molar-refractivity contribution in [2.24, 2.45) is 5.10 Å². The van der Waals surface area contributed by atoms with Crippen LogP contribution in [0.1, 0.15) is 53.4 Å². The molecule has 3 aliphatic rings. The van der Waals surface area contributed by atoms with Crippen LogP contribution >= 0.6 is 0 Å². The van der Waals surface area contributed by atoms with Crippen LogP contribution in [0.5, 0.6) is 0 Å². The van der Waals surface area contributed by atoms with Gasteiger partial charge in [-0.05, 0) is 60.7 Å². The van der Waals surface area contributed by atoms with E-state index < -0.39 is 0 Å². The summed E-state index contributed by atoms with van der Waals surface area (Å²) >= 11 is 0. The molecule has 7 nitrogen and oxygen atoms in total. The Bertz CT molecular complexity index is 838. The van der Waals surface area contributed by atoms with Crippen LogP contribution in [-0.4, -0.2) is 78.7 Å². The maximum Gasteiger partial charge on any atom is 0.253 e. The van der Waals surface area contributed by atoms with E-state index in [1.807, 2.05) is 57.8 Å². The molecule has 2 aliphatic heterocycles. The lowest BCUT2D eigenvalue weighted by atomic mass is 9.91. The van der Waals surface area contributed by atoms with Crippen molar-refractivity contribution in [3.63, 3.8) is 0 Å². The molecule has 0 bridgehead atoms. The monoisotopic (exact) mass is 427 g/mol. The lowest BCUT2D eigenvalue weighted by molar-refractivity contribution is -0.133. The number of hydrogen-bond donors (Lipinski definition) is 1. The maximum atomic E-state index is 13.3. The number of carbonyl (C=O) groups excluding carboxylic acids is 2. The summed E-state index contributed by atoms with van der Waals surface area (Å²) in [5.41, 5.74) is 4.01. The van der Waals surface area contributed by atoms with Gasteiger partial charge < -0.3 is 15.1 Å². The van der Waals surface area contributed by atoms with Gasteiger partial charge in [-0.15, -0.1) is 0 Å². The third-order valence-electron chi connectivity index (χ3n) is 6.78. The largest absolute Gasteiger partial charge is 0.346 e. The van der Waals surface area contributed by atoms with Crippen LogP contribution in [0.25, 0.3) is 0 Å². The zero-order chi connectivity index (χ0) is 22.9. The number of rotatable bonds is 6. The number of nitrogens with one attached hydrogen (secondary N) is 1. The average Bonchev–Trinajstić information content (AvgIpc) is 3.18. The Kier molecular flexibility index (Phi) is 7.04. The van der Waals surface area contributed by atoms with E-state index in [1.54, 1.807) is 0 Å². The van der Waals surface area contributed by atoms with Gasteiger partial charge in [-0.1, -0.05) is 18.4 Å². The number of amides is 2. The zero-order valence-corrected chi connectivity index (χ0v) is 19.9. The van der Waals surface area contributed by atoms with Crippen LogP contribution < -0.4 is 5.32 Å². The first-order valence-corrected chi connectivity index (χ1v) is 11.3. The highest BCUT2D eigenvalue weighted by molar-refractivity contribution is 5.99. The van der Waals surface area contributed by atoms with Crippen molar-refractivity contribution >= 4 is 18.5 Å². The van der Waals surface area contributed by atoms with Gasteiger partial charge in [-0.3, -0.25) is 14.6 Å². The quantitative estimate of drug-likeness (QED) is 0.402. The minimum absolute atomic E-state index is 0.0469. The van der Waals surface area contributed by atoms with E-state index in [1.165, 1.54) is 0 Å². The van der Waals surface area contributed by atoms with E-state index in [4.69, 9.17) is 0 Å². The normalized spacial score (nSPS) is 23.8. The Morgan fingerprint density at radius 2 is 1.81 bits per heavy atom. The number of carbonyl (C=O) groups is 2. The Balaban J connectivity index is 1.99. The number of likely N-dealkylation sites (N-methyl/N-ethyl adjacent to an activating group) is 1. The molecule has 1 atom stereocenters. The Morgan fingerprint density at radius 3 is 2.32 bits per heavy atom. The fraction of sp³-hybridized carbons (Fsp3) is 0.625. The summed E-state index contributed by atoms with van der Waals surface area (Å²) in [7, 11) is 4.09. The van der Waals surface area contributed by atoms with Gasteiger partial charge in [0.05, 0.1) is 17.8 Å². The lowest BCUT2D eigenvalue weighted by Gasteiger charge is -2.43. The Hall–Kier alpha value is -2.41. The molecule has 2 amide bonds. The van der Waals surface area contributed by atoms with Gasteiger partial charge in [0.1, 0.15) is 0 Å². The summed E-state index contributed by atoms with van der Waals surface area (Å²) in [6.07, 6.45) is 6.35. The standard InChI is InChI=1S/C24H37N5O2/c1-15(2)20(24(31)28-13-19(14-28)27(6)7)12-21-17(4)26-23(30)16(3)22(21)29(25-5)18-10-8-9-11-18/h12,17-19H,5,8-11,13-14H2,1-4,6-7H3,(H,26,30)/b21-12+. The SMILES string of the molecule is C=NN(C1=C(C)C(=O)NC(C)/C1=C\C(C(=O)N1CC(N(C)C)C1)=C(C)C)C1CCCC1. The summed E-state index contributed by atoms with van der Waals surface area (Å²) in [6.45, 7) is 13.0. The Morgan fingerprint density at radius 1 is 1.19 bits per heavy atom. The molecule has 2 fully saturated rings. The molecule has 1 N–H and O–H groups in total. The fourth-order valence-electron chi connectivity index (χ4n) is 4.62. The molecule has 3 rings (SSSR count). The van der Waals surface area contributed by atoms with Crippen molar-refractivity contribution in [2.45, 2.75) is 71.5 Å². The molecule has 0 aromatic rings. The lowest BCUT2D eigenvalue weighted by Crippen LogP contribution is -2.59. The first-order valence-electron chi connectivity index (χ1n) is 11.3. The summed E-state index contributed by atoms with van der Waals surface area (Å²) in [5.74, 6) is -0.0429. The highest BCUT2D eigenvalue weighted by Crippen LogP contribution is 2.35. The van der Waals surface area contributed by atoms with Crippen molar-refractivity contribution in [1.29, 1.82) is 0 Å². The van der Waals surface area contributed by atoms with Gasteiger partial charge in [0.25, 0.3) is 5.91 Å². The van der Waals surface area contributed by atoms with Crippen LogP contribution in [-0.2, 0) is 9.59 Å². The molecule has 0 radical (unpaired) electrons. The number of nitrogens with zero attached hydrogens (tertiary/aromatic N) is 4. The number of allylic oxidation sites excluding steroid dienone is 1. The van der Waals surface area contributed by atoms with Crippen LogP contribution in [0.3, 0.4) is 0 Å². The predicted octanol–water partition coefficient (Wildman–Crippen LogP) is 2.67. The Labute approximate surface area is 186 Å². The van der Waals surface area contributed by atoms with Gasteiger partial charge in [-0.25, -0.2) is 0 Å². The predicted molar refractivity (Wildman–Crippen MR) is 124 cm³/mol. The summed E-state index contributed by atoms with van der Waals surface area (Å²) < 4.78 is 0. The molecule has 31 heavy (non-hydrogen) atoms. The van der Waals surface area contributed by atoms with Crippen molar-refractivity contribution in [3.05, 3.63) is 34.1 Å². The van der Waals surface area contributed by atoms with E-state index in [9.17, 15) is 9.59 Å². The zero-order valence-electron chi connectivity index (χ0n) is 19.9. The van der Waals surface area contributed by atoms with E-state index in [0.29, 0.717) is 17.2 Å². The molecule has 2 heterocycles. The van der Waals surface area contributed by atoms with E-state index in [-0.39, 0.29) is 23.9 Å². The van der Waals surface area contributed by atoms with E-state index in [2.05, 4.69) is 22.0 Å². The molecule has 1 saturated heterocycles. The molecule has 170 valence electrons. The van der Waals surface area contributed by atoms with Gasteiger partial charge in [0.15, 0.2) is 0 Å². The molecule has 1 saturated carbocycles. The highest BCUT2D eigenvalue weighted by atomic mass is 16.2. The van der Waals surface area contributed by atoms with Crippen molar-refractivity contribution in [2.75, 3.05) is 27.2 Å². The molecule has 7 heteroatoms. The van der Waals surface area contributed by atoms with Crippen LogP contribution in [0.15, 0.2) is 39.2 Å². The van der Waals surface area contributed by atoms with Gasteiger partial charge in [0.2, 0.25) is 5.91 Å². The maximum absolute atomic E-state index is 13.3. The number of hydrazone groups is 1. The summed E-state index contributed by atoms with van der Waals surface area (Å²) in [6, 6.07) is 0.430. The van der Waals surface area contributed by atoms with Crippen LogP contribution in [0, 0.1) is 0 Å². The average molecular weight is 428 g/mol. The molecular formula is C24H37N5O2. The van der Waals surface area contributed by atoms with Crippen LogP contribution in [0.4, 0.5) is 0 Å². The van der Waals surface area contributed by atoms with E-state index in [0.717, 1.165) is 55.6 Å². The smallest absolute Gasteiger partial charge is 0.253 e. The fourth-order valence-corrected chi connectivity index (χ4v) is 4.62. The molecule has 0 aromatic heterocycles. The minimum atomic E-state index is -0.218. The summed E-state index contributed by atoms with van der Waals surface area (Å²) in [4.78, 5) is 30.0. The third kappa shape index (κ3) is 4.61. The highest BCUT2D eigenvalue weighted by Gasteiger charge is 2.36. The second-order valence-electron chi connectivity index (χ2n) is 9.43. The first-order chi connectivity index (χ1) is 14.6. The first kappa shape index (κ1) is 23.3. The van der Waals surface area contributed by atoms with Crippen molar-refractivity contribution in [3.8, 4) is 0 Å². The minimum Gasteiger partial charge on any atom is -0.346 e. The topological polar surface area (TPSA) is 68.2 Å². The molecule has 0 spiro atoms. The molecule has 1 aliphatic carbocycles. The molecule has 1 unspecified atom stereocenters. The van der Waals surface area contributed by atoms with Crippen LogP contribution in [0.2, 0.25) is 0 Å². The second-order valence-corrected chi connectivity index (χ2v) is 9.43. The third-order valence-corrected chi connectivity index (χ3v) is 6.78. The van der Waals surface area contributed by atoms with E-state index >= 15 is 0 Å². The second kappa shape index (κ2) is 9.39. The van der Waals surface area contributed by atoms with Gasteiger partial charge in [-0.2, -0.15) is 5.10 Å². The van der Waals surface area contributed by atoms with Crippen molar-refractivity contribution < 1.29 is 9.59 Å².